The van der Waals surface area contributed by atoms with Gasteiger partial charge in [-0.15, -0.1) is 0 Å². The van der Waals surface area contributed by atoms with Crippen molar-refractivity contribution in [2.45, 2.75) is 19.3 Å². The van der Waals surface area contributed by atoms with Crippen LogP contribution in [0.5, 0.6) is 0 Å². The molecule has 0 aromatic carbocycles. The van der Waals surface area contributed by atoms with Crippen molar-refractivity contribution in [2.75, 3.05) is 13.1 Å². The van der Waals surface area contributed by atoms with Crippen molar-refractivity contribution >= 4 is 0 Å². The van der Waals surface area contributed by atoms with Crippen molar-refractivity contribution in [1.29, 1.82) is 0 Å². The van der Waals surface area contributed by atoms with E-state index in [0.29, 0.717) is 13.1 Å². The first-order valence-corrected chi connectivity index (χ1v) is 3.21. The third-order valence-electron chi connectivity index (χ3n) is 0.604. The van der Waals surface area contributed by atoms with E-state index in [1.54, 1.807) is 0 Å². The van der Waals surface area contributed by atoms with Gasteiger partial charge in [0.2, 0.25) is 0 Å². The zero-order chi connectivity index (χ0) is 7.54. The summed E-state index contributed by atoms with van der Waals surface area (Å²) in [6.07, 6.45) is 2.59. The van der Waals surface area contributed by atoms with Crippen LogP contribution in [0.25, 0.3) is 11.5 Å². The van der Waals surface area contributed by atoms with Crippen LogP contribution >= 0.6 is 0 Å². The summed E-state index contributed by atoms with van der Waals surface area (Å²) in [4.78, 5) is 0. The smallest absolute Gasteiger partial charge is 0 e. The predicted molar refractivity (Wildman–Crippen MR) is 42.9 cm³/mol. The Morgan fingerprint density at radius 3 is 1.18 bits per heavy atom. The maximum absolute atomic E-state index is 6.56. The van der Waals surface area contributed by atoms with E-state index in [9.17, 15) is 0 Å². The van der Waals surface area contributed by atoms with Crippen LogP contribution in [0.1, 0.15) is 19.3 Å². The van der Waals surface area contributed by atoms with Gasteiger partial charge in [-0.1, -0.05) is 6.42 Å². The Hall–Kier alpha value is 1.22. The molecule has 0 rings (SSSR count). The maximum atomic E-state index is 6.56. The molecule has 0 amide bonds. The van der Waals surface area contributed by atoms with E-state index in [1.807, 2.05) is 0 Å². The van der Waals surface area contributed by atoms with Gasteiger partial charge in [0.25, 0.3) is 0 Å². The van der Waals surface area contributed by atoms with Crippen LogP contribution in [0, 0.1) is 13.8 Å². The summed E-state index contributed by atoms with van der Waals surface area (Å²) in [6.45, 7) is 7.96. The molecular formula is C7H16Ir2N2-4. The zero-order valence-corrected chi connectivity index (χ0v) is 11.4. The van der Waals surface area contributed by atoms with Crippen molar-refractivity contribution in [3.8, 4) is 0 Å². The number of hydrogen-bond acceptors (Lipinski definition) is 0. The number of hydrogen-bond donors (Lipinski definition) is 0. The minimum absolute atomic E-state index is 0. The standard InChI is InChI=1S/C4H9N.C3H7N.2Ir/c1-2-3-4-5;1-2-3-4;;/h5H,1-4H2;4H,1-3H2;;/q2*-2;;. The molecule has 0 fully saturated rings. The molecule has 0 atom stereocenters. The third-order valence-corrected chi connectivity index (χ3v) is 0.604. The van der Waals surface area contributed by atoms with Crippen LogP contribution in [0.2, 0.25) is 0 Å². The summed E-state index contributed by atoms with van der Waals surface area (Å²) < 4.78 is 0. The minimum Gasteiger partial charge on any atom is -0.679 e. The van der Waals surface area contributed by atoms with E-state index in [2.05, 4.69) is 13.8 Å². The van der Waals surface area contributed by atoms with Crippen LogP contribution in [0.15, 0.2) is 0 Å². The quantitative estimate of drug-likeness (QED) is 0.523. The topological polar surface area (TPSA) is 47.6 Å². The van der Waals surface area contributed by atoms with Crippen molar-refractivity contribution in [1.82, 2.24) is 0 Å². The minimum atomic E-state index is 0. The SMILES string of the molecule is [CH2-]CCC[NH-].[CH2-]CC[NH-].[Ir].[Ir]. The van der Waals surface area contributed by atoms with Crippen molar-refractivity contribution < 1.29 is 40.2 Å². The average molecular weight is 513 g/mol. The predicted octanol–water partition coefficient (Wildman–Crippen LogP) is 2.91. The van der Waals surface area contributed by atoms with Gasteiger partial charge in [-0.3, -0.25) is 0 Å². The Morgan fingerprint density at radius 1 is 0.818 bits per heavy atom. The van der Waals surface area contributed by atoms with E-state index in [4.69, 9.17) is 11.5 Å². The molecule has 2 N–H and O–H groups in total. The molecule has 0 aromatic rings. The van der Waals surface area contributed by atoms with E-state index in [1.165, 1.54) is 0 Å². The normalized spacial score (nSPS) is 6.55. The Balaban J connectivity index is -0.0000000383. The van der Waals surface area contributed by atoms with E-state index in [-0.39, 0.29) is 40.2 Å². The fourth-order valence-corrected chi connectivity index (χ4v) is 0.125. The van der Waals surface area contributed by atoms with Crippen molar-refractivity contribution in [3.05, 3.63) is 25.3 Å². The van der Waals surface area contributed by atoms with Gasteiger partial charge in [0, 0.05) is 40.2 Å². The molecule has 2 nitrogen and oxygen atoms in total. The average Bonchev–Trinajstić information content (AvgIpc) is 1.91. The molecule has 0 spiro atoms. The van der Waals surface area contributed by atoms with Gasteiger partial charge in [-0.2, -0.15) is 19.5 Å². The number of nitrogens with one attached hydrogen (secondary N) is 2. The molecule has 0 saturated heterocycles. The summed E-state index contributed by atoms with van der Waals surface area (Å²) in [5.41, 5.74) is 13.0. The molecule has 0 heterocycles. The Morgan fingerprint density at radius 2 is 1.18 bits per heavy atom. The molecule has 76 valence electrons. The van der Waals surface area contributed by atoms with E-state index < -0.39 is 0 Å². The zero-order valence-electron chi connectivity index (χ0n) is 6.62. The summed E-state index contributed by atoms with van der Waals surface area (Å²) in [5, 5.41) is 0. The first-order valence-electron chi connectivity index (χ1n) is 3.21. The molecule has 0 bridgehead atoms. The second-order valence-electron chi connectivity index (χ2n) is 1.56. The molecule has 0 aliphatic carbocycles. The van der Waals surface area contributed by atoms with Gasteiger partial charge in [-0.25, -0.2) is 6.42 Å². The van der Waals surface area contributed by atoms with E-state index >= 15 is 0 Å². The molecule has 0 unspecified atom stereocenters. The molecular weight excluding hydrogens is 497 g/mol. The second-order valence-corrected chi connectivity index (χ2v) is 1.56. The van der Waals surface area contributed by atoms with Crippen LogP contribution in [-0.2, 0) is 40.2 Å². The summed E-state index contributed by atoms with van der Waals surface area (Å²) in [7, 11) is 0. The second kappa shape index (κ2) is 30.3. The van der Waals surface area contributed by atoms with Gasteiger partial charge in [0.15, 0.2) is 0 Å². The maximum Gasteiger partial charge on any atom is 0 e. The summed E-state index contributed by atoms with van der Waals surface area (Å²) in [6, 6.07) is 0. The molecule has 0 saturated carbocycles. The molecule has 0 aliphatic rings. The summed E-state index contributed by atoms with van der Waals surface area (Å²) in [5.74, 6) is 0. The van der Waals surface area contributed by atoms with Gasteiger partial charge < -0.3 is 25.3 Å². The molecule has 2 radical (unpaired) electrons. The van der Waals surface area contributed by atoms with Gasteiger partial charge in [0.1, 0.15) is 0 Å². The van der Waals surface area contributed by atoms with E-state index in [0.717, 1.165) is 19.3 Å². The monoisotopic (exact) mass is 514 g/mol. The van der Waals surface area contributed by atoms with Gasteiger partial charge in [-0.05, 0) is 0 Å². The molecule has 4 heteroatoms. The first-order chi connectivity index (χ1) is 4.33. The van der Waals surface area contributed by atoms with Crippen LogP contribution < -0.4 is 0 Å². The third kappa shape index (κ3) is 53.6. The summed E-state index contributed by atoms with van der Waals surface area (Å²) >= 11 is 0. The molecule has 0 aliphatic heterocycles. The first kappa shape index (κ1) is 22.8. The van der Waals surface area contributed by atoms with Gasteiger partial charge in [0.05, 0.1) is 0 Å². The fourth-order valence-electron chi connectivity index (χ4n) is 0.125. The Kier molecular flexibility index (Phi) is 62.7. The number of unbranched alkanes of at least 4 members (excludes halogenated alkanes) is 1. The van der Waals surface area contributed by atoms with Crippen molar-refractivity contribution in [2.24, 2.45) is 0 Å². The van der Waals surface area contributed by atoms with Crippen LogP contribution in [0.3, 0.4) is 0 Å². The fraction of sp³-hybridized carbons (Fsp3) is 0.714. The Labute approximate surface area is 97.6 Å². The van der Waals surface area contributed by atoms with Crippen LogP contribution in [0.4, 0.5) is 0 Å². The largest absolute Gasteiger partial charge is 0.679 e. The number of rotatable bonds is 3. The van der Waals surface area contributed by atoms with Gasteiger partial charge >= 0.3 is 0 Å². The Bertz CT molecular complexity index is 33.6. The molecule has 11 heavy (non-hydrogen) atoms. The molecule has 0 aromatic heterocycles. The van der Waals surface area contributed by atoms with Crippen molar-refractivity contribution in [3.63, 3.8) is 0 Å². The van der Waals surface area contributed by atoms with Crippen LogP contribution in [-0.4, -0.2) is 13.1 Å².